The molecule has 0 spiro atoms. The fourth-order valence-electron chi connectivity index (χ4n) is 1.05. The summed E-state index contributed by atoms with van der Waals surface area (Å²) in [5.41, 5.74) is 5.49. The average Bonchev–Trinajstić information content (AvgIpc) is 2.61. The van der Waals surface area contributed by atoms with Gasteiger partial charge in [-0.05, 0) is 13.3 Å². The molecule has 3 N–H and O–H groups in total. The van der Waals surface area contributed by atoms with E-state index in [0.29, 0.717) is 11.4 Å². The predicted octanol–water partition coefficient (Wildman–Crippen LogP) is 0.919. The van der Waals surface area contributed by atoms with Crippen molar-refractivity contribution in [2.75, 3.05) is 6.54 Å². The van der Waals surface area contributed by atoms with Gasteiger partial charge in [0.2, 0.25) is 0 Å². The van der Waals surface area contributed by atoms with Crippen molar-refractivity contribution in [3.05, 3.63) is 16.1 Å². The third-order valence-electron chi connectivity index (χ3n) is 1.96. The van der Waals surface area contributed by atoms with E-state index in [1.54, 1.807) is 6.20 Å². The molecule has 0 saturated heterocycles. The van der Waals surface area contributed by atoms with Crippen molar-refractivity contribution in [2.45, 2.75) is 26.3 Å². The number of amides is 1. The van der Waals surface area contributed by atoms with Gasteiger partial charge in [0.1, 0.15) is 4.88 Å². The van der Waals surface area contributed by atoms with E-state index in [0.717, 1.165) is 11.4 Å². The highest BCUT2D eigenvalue weighted by atomic mass is 32.1. The maximum absolute atomic E-state index is 11.6. The lowest BCUT2D eigenvalue weighted by molar-refractivity contribution is 0.0941. The molecule has 1 unspecified atom stereocenters. The molecular weight excluding hydrogens is 198 g/mol. The van der Waals surface area contributed by atoms with Crippen LogP contribution in [0.2, 0.25) is 0 Å². The Morgan fingerprint density at radius 2 is 2.50 bits per heavy atom. The third kappa shape index (κ3) is 2.78. The SMILES string of the molecule is CCC(CN)NC(=O)c1cnc(C)s1. The van der Waals surface area contributed by atoms with Crippen molar-refractivity contribution in [1.29, 1.82) is 0 Å². The maximum Gasteiger partial charge on any atom is 0.263 e. The quantitative estimate of drug-likeness (QED) is 0.781. The van der Waals surface area contributed by atoms with Gasteiger partial charge in [-0.1, -0.05) is 6.92 Å². The van der Waals surface area contributed by atoms with E-state index in [1.807, 2.05) is 13.8 Å². The van der Waals surface area contributed by atoms with Gasteiger partial charge in [0.25, 0.3) is 5.91 Å². The van der Waals surface area contributed by atoms with Gasteiger partial charge in [-0.3, -0.25) is 4.79 Å². The normalized spacial score (nSPS) is 12.5. The zero-order valence-corrected chi connectivity index (χ0v) is 9.23. The molecule has 1 atom stereocenters. The van der Waals surface area contributed by atoms with E-state index >= 15 is 0 Å². The molecule has 1 heterocycles. The zero-order valence-electron chi connectivity index (χ0n) is 8.41. The number of aryl methyl sites for hydroxylation is 1. The highest BCUT2D eigenvalue weighted by Gasteiger charge is 2.12. The number of nitrogens with zero attached hydrogens (tertiary/aromatic N) is 1. The van der Waals surface area contributed by atoms with Crippen LogP contribution in [0.4, 0.5) is 0 Å². The lowest BCUT2D eigenvalue weighted by Crippen LogP contribution is -2.39. The molecule has 4 nitrogen and oxygen atoms in total. The summed E-state index contributed by atoms with van der Waals surface area (Å²) in [7, 11) is 0. The molecule has 78 valence electrons. The number of nitrogens with one attached hydrogen (secondary N) is 1. The fraction of sp³-hybridized carbons (Fsp3) is 0.556. The van der Waals surface area contributed by atoms with Crippen LogP contribution in [0.15, 0.2) is 6.20 Å². The molecule has 0 bridgehead atoms. The first kappa shape index (κ1) is 11.1. The van der Waals surface area contributed by atoms with E-state index < -0.39 is 0 Å². The molecule has 1 aromatic rings. The van der Waals surface area contributed by atoms with Gasteiger partial charge in [-0.2, -0.15) is 0 Å². The number of aromatic nitrogens is 1. The molecule has 0 aliphatic heterocycles. The number of hydrogen-bond donors (Lipinski definition) is 2. The standard InChI is InChI=1S/C9H15N3OS/c1-3-7(4-10)12-9(13)8-5-11-6(2)14-8/h5,7H,3-4,10H2,1-2H3,(H,12,13). The highest BCUT2D eigenvalue weighted by molar-refractivity contribution is 7.13. The first-order valence-corrected chi connectivity index (χ1v) is 5.42. The number of carbonyl (C=O) groups is 1. The van der Waals surface area contributed by atoms with E-state index in [4.69, 9.17) is 5.73 Å². The molecule has 0 aromatic carbocycles. The van der Waals surface area contributed by atoms with Gasteiger partial charge in [0, 0.05) is 12.6 Å². The number of hydrogen-bond acceptors (Lipinski definition) is 4. The van der Waals surface area contributed by atoms with Crippen LogP contribution in [-0.2, 0) is 0 Å². The van der Waals surface area contributed by atoms with Crippen LogP contribution in [0.5, 0.6) is 0 Å². The van der Waals surface area contributed by atoms with Crippen molar-refractivity contribution in [1.82, 2.24) is 10.3 Å². The summed E-state index contributed by atoms with van der Waals surface area (Å²) in [6.07, 6.45) is 2.44. The Morgan fingerprint density at radius 1 is 1.79 bits per heavy atom. The summed E-state index contributed by atoms with van der Waals surface area (Å²) >= 11 is 1.39. The molecule has 5 heteroatoms. The van der Waals surface area contributed by atoms with E-state index in [1.165, 1.54) is 11.3 Å². The summed E-state index contributed by atoms with van der Waals surface area (Å²) < 4.78 is 0. The number of nitrogens with two attached hydrogens (primary N) is 1. The summed E-state index contributed by atoms with van der Waals surface area (Å²) in [6, 6.07) is 0.0601. The molecule has 0 aliphatic carbocycles. The van der Waals surface area contributed by atoms with Crippen molar-refractivity contribution >= 4 is 17.2 Å². The second-order valence-corrected chi connectivity index (χ2v) is 4.29. The van der Waals surface area contributed by atoms with Crippen molar-refractivity contribution < 1.29 is 4.79 Å². The Bertz CT molecular complexity index is 307. The van der Waals surface area contributed by atoms with Crippen LogP contribution >= 0.6 is 11.3 Å². The van der Waals surface area contributed by atoms with E-state index in [-0.39, 0.29) is 11.9 Å². The molecular formula is C9H15N3OS. The monoisotopic (exact) mass is 213 g/mol. The van der Waals surface area contributed by atoms with E-state index in [2.05, 4.69) is 10.3 Å². The lowest BCUT2D eigenvalue weighted by Gasteiger charge is -2.13. The smallest absolute Gasteiger partial charge is 0.263 e. The van der Waals surface area contributed by atoms with Gasteiger partial charge in [0.15, 0.2) is 0 Å². The van der Waals surface area contributed by atoms with Gasteiger partial charge in [-0.15, -0.1) is 11.3 Å². The second-order valence-electron chi connectivity index (χ2n) is 3.06. The average molecular weight is 213 g/mol. The molecule has 0 radical (unpaired) electrons. The molecule has 1 amide bonds. The molecule has 0 aliphatic rings. The topological polar surface area (TPSA) is 68.0 Å². The fourth-order valence-corrected chi connectivity index (χ4v) is 1.73. The Hall–Kier alpha value is -0.940. The Kier molecular flexibility index (Phi) is 4.03. The van der Waals surface area contributed by atoms with Crippen LogP contribution in [0, 0.1) is 6.92 Å². The Morgan fingerprint density at radius 3 is 2.93 bits per heavy atom. The van der Waals surface area contributed by atoms with Gasteiger partial charge < -0.3 is 11.1 Å². The van der Waals surface area contributed by atoms with Crippen molar-refractivity contribution in [3.8, 4) is 0 Å². The van der Waals surface area contributed by atoms with Gasteiger partial charge >= 0.3 is 0 Å². The minimum atomic E-state index is -0.0760. The van der Waals surface area contributed by atoms with Crippen LogP contribution < -0.4 is 11.1 Å². The number of carbonyl (C=O) groups excluding carboxylic acids is 1. The molecule has 1 aromatic heterocycles. The molecule has 1 rings (SSSR count). The van der Waals surface area contributed by atoms with Crippen LogP contribution in [0.25, 0.3) is 0 Å². The van der Waals surface area contributed by atoms with Crippen molar-refractivity contribution in [2.24, 2.45) is 5.73 Å². The Labute approximate surface area is 87.5 Å². The van der Waals surface area contributed by atoms with Crippen LogP contribution in [-0.4, -0.2) is 23.5 Å². The largest absolute Gasteiger partial charge is 0.347 e. The summed E-state index contributed by atoms with van der Waals surface area (Å²) in [4.78, 5) is 16.3. The molecule has 14 heavy (non-hydrogen) atoms. The first-order chi connectivity index (χ1) is 6.67. The second kappa shape index (κ2) is 5.07. The van der Waals surface area contributed by atoms with Crippen LogP contribution in [0.3, 0.4) is 0 Å². The minimum Gasteiger partial charge on any atom is -0.347 e. The minimum absolute atomic E-state index is 0.0601. The zero-order chi connectivity index (χ0) is 10.6. The predicted molar refractivity (Wildman–Crippen MR) is 57.5 cm³/mol. The lowest BCUT2D eigenvalue weighted by atomic mass is 10.2. The van der Waals surface area contributed by atoms with Crippen LogP contribution in [0.1, 0.15) is 28.0 Å². The number of rotatable bonds is 4. The number of thiazole rings is 1. The van der Waals surface area contributed by atoms with Crippen molar-refractivity contribution in [3.63, 3.8) is 0 Å². The van der Waals surface area contributed by atoms with Gasteiger partial charge in [-0.25, -0.2) is 4.98 Å². The maximum atomic E-state index is 11.6. The first-order valence-electron chi connectivity index (χ1n) is 4.60. The summed E-state index contributed by atoms with van der Waals surface area (Å²) in [6.45, 7) is 4.34. The van der Waals surface area contributed by atoms with Gasteiger partial charge in [0.05, 0.1) is 11.2 Å². The summed E-state index contributed by atoms with van der Waals surface area (Å²) in [5.74, 6) is -0.0760. The molecule has 0 saturated carbocycles. The Balaban J connectivity index is 2.58. The summed E-state index contributed by atoms with van der Waals surface area (Å²) in [5, 5.41) is 3.75. The highest BCUT2D eigenvalue weighted by Crippen LogP contribution is 2.11. The van der Waals surface area contributed by atoms with E-state index in [9.17, 15) is 4.79 Å². The third-order valence-corrected chi connectivity index (χ3v) is 2.87. The molecule has 0 fully saturated rings.